The molecule has 0 amide bonds. The van der Waals surface area contributed by atoms with Crippen LogP contribution in [0, 0.1) is 5.92 Å². The van der Waals surface area contributed by atoms with Gasteiger partial charge in [-0.15, -0.1) is 0 Å². The van der Waals surface area contributed by atoms with Crippen molar-refractivity contribution < 1.29 is 4.65 Å². The standard InChI is InChI=1S/C24H44BIO/c1-2-3-4-5-12-19-24(22-15-8-6-9-16-22)25(27-21-14-13-20-26)23-17-10-7-11-18-23/h19,22-23H,2-18,20-21H2,1H3/b24-19-. The van der Waals surface area contributed by atoms with E-state index in [1.165, 1.54) is 114 Å². The number of rotatable bonds is 13. The molecule has 156 valence electrons. The maximum Gasteiger partial charge on any atom is 0.325 e. The van der Waals surface area contributed by atoms with Crippen LogP contribution < -0.4 is 0 Å². The zero-order chi connectivity index (χ0) is 19.2. The Labute approximate surface area is 184 Å². The highest BCUT2D eigenvalue weighted by Crippen LogP contribution is 2.40. The summed E-state index contributed by atoms with van der Waals surface area (Å²) in [6.45, 7) is 3.73. The Balaban J connectivity index is 2.06. The Hall–Kier alpha value is 0.495. The van der Waals surface area contributed by atoms with Gasteiger partial charge in [0.1, 0.15) is 0 Å². The van der Waals surface area contributed by atoms with Crippen molar-refractivity contribution in [1.82, 2.24) is 0 Å². The molecule has 3 heteroatoms. The van der Waals surface area contributed by atoms with Gasteiger partial charge in [-0.05, 0) is 54.7 Å². The summed E-state index contributed by atoms with van der Waals surface area (Å²) in [5, 5.41) is 0. The van der Waals surface area contributed by atoms with E-state index in [1.807, 2.05) is 0 Å². The molecule has 0 aromatic heterocycles. The SMILES string of the molecule is CCCCCC/C=C(\B(OCCCCI)C1CCCCC1)C1CCCCC1. The molecule has 0 aliphatic heterocycles. The third-order valence-electron chi connectivity index (χ3n) is 6.75. The van der Waals surface area contributed by atoms with Crippen molar-refractivity contribution in [2.24, 2.45) is 5.92 Å². The molecule has 0 radical (unpaired) electrons. The highest BCUT2D eigenvalue weighted by atomic mass is 127. The van der Waals surface area contributed by atoms with Gasteiger partial charge < -0.3 is 4.65 Å². The Morgan fingerprint density at radius 3 is 2.26 bits per heavy atom. The van der Waals surface area contributed by atoms with Crippen LogP contribution >= 0.6 is 22.6 Å². The summed E-state index contributed by atoms with van der Waals surface area (Å²) in [5.41, 5.74) is 1.74. The first-order chi connectivity index (χ1) is 13.4. The molecule has 2 aliphatic carbocycles. The van der Waals surface area contributed by atoms with E-state index < -0.39 is 0 Å². The molecule has 0 bridgehead atoms. The van der Waals surface area contributed by atoms with Crippen LogP contribution in [0.5, 0.6) is 0 Å². The second-order valence-electron chi connectivity index (χ2n) is 8.97. The van der Waals surface area contributed by atoms with Crippen molar-refractivity contribution in [3.8, 4) is 0 Å². The van der Waals surface area contributed by atoms with E-state index in [0.717, 1.165) is 18.3 Å². The number of alkyl halides is 1. The maximum atomic E-state index is 6.71. The van der Waals surface area contributed by atoms with Crippen molar-refractivity contribution in [3.63, 3.8) is 0 Å². The lowest BCUT2D eigenvalue weighted by molar-refractivity contribution is 0.291. The van der Waals surface area contributed by atoms with Crippen molar-refractivity contribution >= 4 is 29.5 Å². The second-order valence-corrected chi connectivity index (χ2v) is 10.1. The Kier molecular flexibility index (Phi) is 13.5. The van der Waals surface area contributed by atoms with Crippen LogP contribution in [0.15, 0.2) is 11.5 Å². The van der Waals surface area contributed by atoms with Crippen LogP contribution in [0.1, 0.15) is 116 Å². The summed E-state index contributed by atoms with van der Waals surface area (Å²) in [6.07, 6.45) is 26.2. The number of hydrogen-bond donors (Lipinski definition) is 0. The molecule has 1 nitrogen and oxygen atoms in total. The van der Waals surface area contributed by atoms with Crippen LogP contribution in [0.4, 0.5) is 0 Å². The van der Waals surface area contributed by atoms with Crippen molar-refractivity contribution in [2.75, 3.05) is 11.0 Å². The highest BCUT2D eigenvalue weighted by molar-refractivity contribution is 14.1. The van der Waals surface area contributed by atoms with Crippen molar-refractivity contribution in [1.29, 1.82) is 0 Å². The fraction of sp³-hybridized carbons (Fsp3) is 0.917. The molecule has 2 fully saturated rings. The van der Waals surface area contributed by atoms with Crippen molar-refractivity contribution in [3.05, 3.63) is 11.5 Å². The van der Waals surface area contributed by atoms with Gasteiger partial charge in [0, 0.05) is 6.61 Å². The third kappa shape index (κ3) is 9.23. The van der Waals surface area contributed by atoms with Gasteiger partial charge in [-0.1, -0.05) is 112 Å². The summed E-state index contributed by atoms with van der Waals surface area (Å²) in [5.74, 6) is 1.61. The van der Waals surface area contributed by atoms with Gasteiger partial charge in [-0.2, -0.15) is 0 Å². The monoisotopic (exact) mass is 486 g/mol. The van der Waals surface area contributed by atoms with E-state index in [0.29, 0.717) is 6.92 Å². The van der Waals surface area contributed by atoms with Crippen LogP contribution in [0.3, 0.4) is 0 Å². The molecule has 0 aromatic carbocycles. The zero-order valence-corrected chi connectivity index (χ0v) is 20.2. The minimum Gasteiger partial charge on any atom is -0.431 e. The fourth-order valence-corrected chi connectivity index (χ4v) is 5.68. The summed E-state index contributed by atoms with van der Waals surface area (Å²) in [7, 11) is 0. The maximum absolute atomic E-state index is 6.71. The third-order valence-corrected chi connectivity index (χ3v) is 7.51. The number of allylic oxidation sites excluding steroid dienone is 2. The quantitative estimate of drug-likeness (QED) is 0.110. The largest absolute Gasteiger partial charge is 0.431 e. The molecule has 27 heavy (non-hydrogen) atoms. The second kappa shape index (κ2) is 15.4. The Morgan fingerprint density at radius 1 is 0.889 bits per heavy atom. The molecule has 0 spiro atoms. The van der Waals surface area contributed by atoms with Gasteiger partial charge in [0.2, 0.25) is 0 Å². The average Bonchev–Trinajstić information content (AvgIpc) is 2.73. The summed E-state index contributed by atoms with van der Waals surface area (Å²) < 4.78 is 7.97. The molecule has 2 aliphatic rings. The van der Waals surface area contributed by atoms with Gasteiger partial charge in [0.05, 0.1) is 0 Å². The molecule has 0 heterocycles. The number of halogens is 1. The van der Waals surface area contributed by atoms with Gasteiger partial charge in [0.15, 0.2) is 0 Å². The lowest BCUT2D eigenvalue weighted by Gasteiger charge is -2.34. The average molecular weight is 486 g/mol. The van der Waals surface area contributed by atoms with Gasteiger partial charge in [-0.3, -0.25) is 0 Å². The first kappa shape index (κ1) is 23.8. The first-order valence-corrected chi connectivity index (χ1v) is 13.8. The molecule has 0 unspecified atom stereocenters. The topological polar surface area (TPSA) is 9.23 Å². The normalized spacial score (nSPS) is 20.1. The predicted octanol–water partition coefficient (Wildman–Crippen LogP) is 8.56. The smallest absolute Gasteiger partial charge is 0.325 e. The van der Waals surface area contributed by atoms with E-state index in [1.54, 1.807) is 5.47 Å². The van der Waals surface area contributed by atoms with E-state index in [9.17, 15) is 0 Å². The highest BCUT2D eigenvalue weighted by Gasteiger charge is 2.35. The lowest BCUT2D eigenvalue weighted by Crippen LogP contribution is -2.34. The van der Waals surface area contributed by atoms with Crippen LogP contribution in [-0.2, 0) is 4.65 Å². The zero-order valence-electron chi connectivity index (χ0n) is 18.0. The minimum absolute atomic E-state index is 0.439. The number of hydrogen-bond acceptors (Lipinski definition) is 1. The van der Waals surface area contributed by atoms with E-state index in [2.05, 4.69) is 35.6 Å². The molecule has 0 N–H and O–H groups in total. The molecule has 0 aromatic rings. The van der Waals surface area contributed by atoms with Gasteiger partial charge in [0.25, 0.3) is 0 Å². The molecule has 2 saturated carbocycles. The Bertz CT molecular complexity index is 386. The van der Waals surface area contributed by atoms with Crippen LogP contribution in [0.25, 0.3) is 0 Å². The summed E-state index contributed by atoms with van der Waals surface area (Å²) in [6, 6.07) is 0. The van der Waals surface area contributed by atoms with Crippen LogP contribution in [-0.4, -0.2) is 18.0 Å². The molecular formula is C24H44BIO. The van der Waals surface area contributed by atoms with E-state index in [-0.39, 0.29) is 0 Å². The van der Waals surface area contributed by atoms with E-state index in [4.69, 9.17) is 4.65 Å². The van der Waals surface area contributed by atoms with E-state index >= 15 is 0 Å². The molecule has 2 rings (SSSR count). The van der Waals surface area contributed by atoms with Crippen LogP contribution in [0.2, 0.25) is 5.82 Å². The number of unbranched alkanes of at least 4 members (excludes halogenated alkanes) is 5. The van der Waals surface area contributed by atoms with Gasteiger partial charge >= 0.3 is 6.92 Å². The molecule has 0 saturated heterocycles. The molecular weight excluding hydrogens is 442 g/mol. The molecule has 0 atom stereocenters. The van der Waals surface area contributed by atoms with Gasteiger partial charge in [-0.25, -0.2) is 0 Å². The lowest BCUT2D eigenvalue weighted by atomic mass is 9.43. The first-order valence-electron chi connectivity index (χ1n) is 12.2. The fourth-order valence-electron chi connectivity index (χ4n) is 5.14. The van der Waals surface area contributed by atoms with Crippen molar-refractivity contribution in [2.45, 2.75) is 122 Å². The summed E-state index contributed by atoms with van der Waals surface area (Å²) in [4.78, 5) is 0. The predicted molar refractivity (Wildman–Crippen MR) is 130 cm³/mol. The Morgan fingerprint density at radius 2 is 1.59 bits per heavy atom. The summed E-state index contributed by atoms with van der Waals surface area (Å²) >= 11 is 2.50. The minimum atomic E-state index is 0.439.